The van der Waals surface area contributed by atoms with Gasteiger partial charge in [0.25, 0.3) is 0 Å². The summed E-state index contributed by atoms with van der Waals surface area (Å²) in [6.07, 6.45) is -4.87. The van der Waals surface area contributed by atoms with Crippen molar-refractivity contribution >= 4 is 18.2 Å². The molecule has 1 aromatic heterocycles. The molecular weight excluding hydrogens is 326 g/mol. The molecule has 0 saturated carbocycles. The first-order chi connectivity index (χ1) is 10.5. The van der Waals surface area contributed by atoms with Crippen LogP contribution in [0, 0.1) is 5.82 Å². The van der Waals surface area contributed by atoms with E-state index < -0.39 is 42.0 Å². The zero-order chi connectivity index (χ0) is 17.4. The predicted octanol–water partition coefficient (Wildman–Crippen LogP) is 2.84. The molecule has 126 valence electrons. The third kappa shape index (κ3) is 4.69. The molecule has 4 nitrogen and oxygen atoms in total. The lowest BCUT2D eigenvalue weighted by Gasteiger charge is -2.34. The van der Waals surface area contributed by atoms with Gasteiger partial charge in [-0.15, -0.1) is 12.4 Å². The fourth-order valence-corrected chi connectivity index (χ4v) is 1.95. The van der Waals surface area contributed by atoms with Crippen molar-refractivity contribution < 1.29 is 25.0 Å². The van der Waals surface area contributed by atoms with Gasteiger partial charge < -0.3 is 15.4 Å². The van der Waals surface area contributed by atoms with E-state index >= 15 is 0 Å². The molecule has 2 heterocycles. The summed E-state index contributed by atoms with van der Waals surface area (Å²) in [7, 11) is 0. The van der Waals surface area contributed by atoms with Crippen LogP contribution >= 0.6 is 12.4 Å². The van der Waals surface area contributed by atoms with Gasteiger partial charge in [0, 0.05) is 19.2 Å². The van der Waals surface area contributed by atoms with E-state index in [0.717, 1.165) is 0 Å². The smallest absolute Gasteiger partial charge is 0.373 e. The molecular formula is C13H18ClF4N3O. The molecule has 2 rings (SSSR count). The topological polar surface area (TPSA) is 46.2 Å². The Bertz CT molecular complexity index is 577. The van der Waals surface area contributed by atoms with Crippen molar-refractivity contribution in [2.24, 2.45) is 0 Å². The Morgan fingerprint density at radius 1 is 1.50 bits per heavy atom. The molecule has 1 aromatic rings. The van der Waals surface area contributed by atoms with Gasteiger partial charge in [-0.3, -0.25) is 0 Å². The van der Waals surface area contributed by atoms with Gasteiger partial charge in [0.05, 0.1) is 26.6 Å². The van der Waals surface area contributed by atoms with Crippen LogP contribution in [0.1, 0.15) is 22.2 Å². The third-order valence-corrected chi connectivity index (χ3v) is 3.06. The fourth-order valence-electron chi connectivity index (χ4n) is 1.95. The second-order valence-electron chi connectivity index (χ2n) is 4.86. The molecule has 9 heteroatoms. The highest BCUT2D eigenvalue weighted by molar-refractivity contribution is 5.85. The van der Waals surface area contributed by atoms with Crippen molar-refractivity contribution in [3.05, 3.63) is 23.6 Å². The number of alkyl halides is 3. The Morgan fingerprint density at radius 2 is 2.18 bits per heavy atom. The van der Waals surface area contributed by atoms with Gasteiger partial charge in [0.15, 0.2) is 11.6 Å². The largest absolute Gasteiger partial charge is 0.417 e. The second-order valence-corrected chi connectivity index (χ2v) is 4.86. The summed E-state index contributed by atoms with van der Waals surface area (Å²) in [6.45, 7) is 1.70. The maximum Gasteiger partial charge on any atom is 0.417 e. The molecule has 0 spiro atoms. The van der Waals surface area contributed by atoms with E-state index in [1.54, 1.807) is 6.92 Å². The Balaban J connectivity index is 0.00000288. The molecule has 1 aliphatic heterocycles. The minimum Gasteiger partial charge on any atom is -0.373 e. The standard InChI is InChI=1S/C13H17F4N3O.ClH/c1-7-4-18-11(8(2)21-7)6-20-12-10(14)3-9(5-19-12)13(15,16)17;/h3,5,7-8,11,18H,4,6H2,1-2H3,(H,19,20);1H/t7-,8+,11-;/m1./s1/i6D2;. The average molecular weight is 346 g/mol. The zero-order valence-electron chi connectivity index (χ0n) is 13.9. The van der Waals surface area contributed by atoms with Gasteiger partial charge >= 0.3 is 6.18 Å². The van der Waals surface area contributed by atoms with Crippen molar-refractivity contribution in [3.8, 4) is 0 Å². The summed E-state index contributed by atoms with van der Waals surface area (Å²) in [5.74, 6) is -1.86. The summed E-state index contributed by atoms with van der Waals surface area (Å²) in [5, 5.41) is 5.16. The number of hydrogen-bond donors (Lipinski definition) is 2. The molecule has 2 N–H and O–H groups in total. The van der Waals surface area contributed by atoms with Crippen LogP contribution in [0.4, 0.5) is 23.4 Å². The highest BCUT2D eigenvalue weighted by Gasteiger charge is 2.32. The lowest BCUT2D eigenvalue weighted by atomic mass is 10.1. The summed E-state index contributed by atoms with van der Waals surface area (Å²) < 4.78 is 72.8. The molecule has 1 fully saturated rings. The van der Waals surface area contributed by atoms with Gasteiger partial charge in [-0.25, -0.2) is 9.37 Å². The van der Waals surface area contributed by atoms with Gasteiger partial charge in [-0.1, -0.05) is 0 Å². The van der Waals surface area contributed by atoms with Crippen molar-refractivity contribution in [2.45, 2.75) is 38.3 Å². The average Bonchev–Trinajstić information content (AvgIpc) is 2.39. The third-order valence-electron chi connectivity index (χ3n) is 3.06. The number of pyridine rings is 1. The van der Waals surface area contributed by atoms with Crippen LogP contribution in [0.2, 0.25) is 0 Å². The number of nitrogens with zero attached hydrogens (tertiary/aromatic N) is 1. The molecule has 3 atom stereocenters. The molecule has 0 amide bonds. The summed E-state index contributed by atoms with van der Waals surface area (Å²) in [4.78, 5) is 3.35. The van der Waals surface area contributed by atoms with Crippen molar-refractivity contribution in [1.29, 1.82) is 0 Å². The maximum absolute atomic E-state index is 13.8. The number of nitrogens with one attached hydrogen (secondary N) is 2. The molecule has 0 bridgehead atoms. The normalized spacial score (nSPS) is 27.5. The number of ether oxygens (including phenoxy) is 1. The van der Waals surface area contributed by atoms with Gasteiger partial charge in [0.2, 0.25) is 0 Å². The fraction of sp³-hybridized carbons (Fsp3) is 0.615. The van der Waals surface area contributed by atoms with Crippen LogP contribution in [-0.2, 0) is 10.9 Å². The van der Waals surface area contributed by atoms with Crippen LogP contribution in [0.15, 0.2) is 12.3 Å². The van der Waals surface area contributed by atoms with E-state index in [9.17, 15) is 17.6 Å². The number of hydrogen-bond acceptors (Lipinski definition) is 4. The lowest BCUT2D eigenvalue weighted by Crippen LogP contribution is -2.53. The van der Waals surface area contributed by atoms with Crippen LogP contribution in [-0.4, -0.2) is 36.3 Å². The van der Waals surface area contributed by atoms with Gasteiger partial charge in [0.1, 0.15) is 0 Å². The molecule has 1 aliphatic rings. The van der Waals surface area contributed by atoms with Crippen LogP contribution < -0.4 is 10.6 Å². The number of aromatic nitrogens is 1. The summed E-state index contributed by atoms with van der Waals surface area (Å²) >= 11 is 0. The second kappa shape index (κ2) is 7.43. The molecule has 0 unspecified atom stereocenters. The highest BCUT2D eigenvalue weighted by Crippen LogP contribution is 2.30. The maximum atomic E-state index is 13.8. The zero-order valence-corrected chi connectivity index (χ0v) is 12.7. The SMILES string of the molecule is Cl.[2H]C([2H])(Nc1ncc(C(F)(F)F)cc1F)[C@H]1NC[C@@H](C)O[C@H]1C. The van der Waals surface area contributed by atoms with Gasteiger partial charge in [-0.2, -0.15) is 13.2 Å². The number of morpholine rings is 1. The van der Waals surface area contributed by atoms with Crippen LogP contribution in [0.5, 0.6) is 0 Å². The van der Waals surface area contributed by atoms with E-state index in [4.69, 9.17) is 7.48 Å². The number of anilines is 1. The Kier molecular flexibility index (Phi) is 5.32. The number of halogens is 5. The quantitative estimate of drug-likeness (QED) is 0.827. The predicted molar refractivity (Wildman–Crippen MR) is 76.7 cm³/mol. The lowest BCUT2D eigenvalue weighted by molar-refractivity contribution is -0.138. The molecule has 0 radical (unpaired) electrons. The minimum absolute atomic E-state index is 0. The van der Waals surface area contributed by atoms with Crippen molar-refractivity contribution in [2.75, 3.05) is 18.4 Å². The minimum atomic E-state index is -4.71. The van der Waals surface area contributed by atoms with Crippen LogP contribution in [0.25, 0.3) is 0 Å². The van der Waals surface area contributed by atoms with Gasteiger partial charge in [-0.05, 0) is 19.9 Å². The molecule has 0 aromatic carbocycles. The van der Waals surface area contributed by atoms with E-state index in [2.05, 4.69) is 15.6 Å². The van der Waals surface area contributed by atoms with E-state index in [0.29, 0.717) is 12.7 Å². The summed E-state index contributed by atoms with van der Waals surface area (Å²) in [5.41, 5.74) is -1.23. The highest BCUT2D eigenvalue weighted by atomic mass is 35.5. The van der Waals surface area contributed by atoms with E-state index in [-0.39, 0.29) is 24.6 Å². The monoisotopic (exact) mass is 345 g/mol. The molecule has 22 heavy (non-hydrogen) atoms. The molecule has 0 aliphatic carbocycles. The van der Waals surface area contributed by atoms with E-state index in [1.165, 1.54) is 0 Å². The van der Waals surface area contributed by atoms with Crippen molar-refractivity contribution in [3.63, 3.8) is 0 Å². The first kappa shape index (κ1) is 15.8. The molecule has 1 saturated heterocycles. The Labute approximate surface area is 134 Å². The first-order valence-electron chi connectivity index (χ1n) is 7.40. The Hall–Kier alpha value is -1.12. The number of rotatable bonds is 3. The van der Waals surface area contributed by atoms with Crippen molar-refractivity contribution in [1.82, 2.24) is 10.3 Å². The van der Waals surface area contributed by atoms with E-state index in [1.807, 2.05) is 6.92 Å². The van der Waals surface area contributed by atoms with Crippen LogP contribution in [0.3, 0.4) is 0 Å². The Morgan fingerprint density at radius 3 is 2.73 bits per heavy atom. The first-order valence-corrected chi connectivity index (χ1v) is 6.40. The summed E-state index contributed by atoms with van der Waals surface area (Å²) in [6, 6.07) is -0.538.